The van der Waals surface area contributed by atoms with Gasteiger partial charge in [0, 0.05) is 5.75 Å². The number of carbonyl (C=O) groups is 1. The molecule has 1 nitrogen and oxygen atoms in total. The molecule has 0 saturated heterocycles. The van der Waals surface area contributed by atoms with Crippen molar-refractivity contribution in [3.63, 3.8) is 0 Å². The van der Waals surface area contributed by atoms with Crippen LogP contribution in [0.4, 0.5) is 0 Å². The van der Waals surface area contributed by atoms with Crippen LogP contribution in [0.15, 0.2) is 42.5 Å². The molecule has 0 heterocycles. The average molecular weight is 248 g/mol. The highest BCUT2D eigenvalue weighted by Crippen LogP contribution is 2.08. The molecule has 0 saturated carbocycles. The quantitative estimate of drug-likeness (QED) is 0.530. The van der Waals surface area contributed by atoms with Crippen molar-refractivity contribution in [2.45, 2.75) is 32.6 Å². The lowest BCUT2D eigenvalue weighted by atomic mass is 10.1. The van der Waals surface area contributed by atoms with Gasteiger partial charge in [0.15, 0.2) is 0 Å². The summed E-state index contributed by atoms with van der Waals surface area (Å²) in [5.74, 6) is 0.943. The Bertz CT molecular complexity index is 343. The van der Waals surface area contributed by atoms with E-state index in [-0.39, 0.29) is 5.12 Å². The molecular weight excluding hydrogens is 228 g/mol. The molecule has 0 fully saturated rings. The highest BCUT2D eigenvalue weighted by molar-refractivity contribution is 8.14. The Kier molecular flexibility index (Phi) is 7.48. The number of hydrogen-bond acceptors (Lipinski definition) is 2. The molecule has 1 aromatic carbocycles. The van der Waals surface area contributed by atoms with Crippen molar-refractivity contribution >= 4 is 16.9 Å². The molecule has 2 heteroatoms. The minimum absolute atomic E-state index is 0.187. The van der Waals surface area contributed by atoms with Crippen molar-refractivity contribution < 1.29 is 4.79 Å². The van der Waals surface area contributed by atoms with Crippen LogP contribution in [0, 0.1) is 0 Å². The molecule has 0 atom stereocenters. The third-order valence-corrected chi connectivity index (χ3v) is 3.35. The molecule has 0 aliphatic heterocycles. The van der Waals surface area contributed by atoms with Crippen LogP contribution in [0.2, 0.25) is 0 Å². The van der Waals surface area contributed by atoms with Crippen LogP contribution in [0.3, 0.4) is 0 Å². The highest BCUT2D eigenvalue weighted by atomic mass is 32.2. The monoisotopic (exact) mass is 248 g/mol. The Hall–Kier alpha value is -1.02. The normalized spacial score (nSPS) is 10.9. The van der Waals surface area contributed by atoms with E-state index in [2.05, 4.69) is 19.1 Å². The maximum absolute atomic E-state index is 11.4. The maximum Gasteiger partial charge on any atom is 0.211 e. The molecule has 17 heavy (non-hydrogen) atoms. The number of rotatable bonds is 7. The zero-order valence-electron chi connectivity index (χ0n) is 10.4. The summed E-state index contributed by atoms with van der Waals surface area (Å²) in [5.41, 5.74) is 1.32. The van der Waals surface area contributed by atoms with Gasteiger partial charge in [-0.15, -0.1) is 0 Å². The van der Waals surface area contributed by atoms with E-state index in [1.54, 1.807) is 6.08 Å². The van der Waals surface area contributed by atoms with Crippen LogP contribution in [-0.2, 0) is 11.2 Å². The number of unbranched alkanes of at least 4 members (excludes halogenated alkanes) is 1. The van der Waals surface area contributed by atoms with Crippen molar-refractivity contribution in [3.8, 4) is 0 Å². The lowest BCUT2D eigenvalue weighted by molar-refractivity contribution is -0.107. The second-order valence-corrected chi connectivity index (χ2v) is 5.05. The van der Waals surface area contributed by atoms with E-state index in [1.165, 1.54) is 17.3 Å². The summed E-state index contributed by atoms with van der Waals surface area (Å²) < 4.78 is 0. The zero-order valence-corrected chi connectivity index (χ0v) is 11.2. The standard InChI is InChI=1S/C15H20OS/c1-2-3-13-17-15(16)12-8-7-11-14-9-5-4-6-10-14/h4-6,8-10,12H,2-3,7,11,13H2,1H3/b12-8+. The first kappa shape index (κ1) is 14.0. The third-order valence-electron chi connectivity index (χ3n) is 2.44. The lowest BCUT2D eigenvalue weighted by Gasteiger charge is -1.96. The maximum atomic E-state index is 11.4. The average Bonchev–Trinajstić information content (AvgIpc) is 2.36. The van der Waals surface area contributed by atoms with Gasteiger partial charge in [0.25, 0.3) is 0 Å². The van der Waals surface area contributed by atoms with Gasteiger partial charge in [-0.2, -0.15) is 0 Å². The Morgan fingerprint density at radius 1 is 1.29 bits per heavy atom. The van der Waals surface area contributed by atoms with Crippen LogP contribution >= 0.6 is 11.8 Å². The highest BCUT2D eigenvalue weighted by Gasteiger charge is 1.96. The summed E-state index contributed by atoms with van der Waals surface area (Å²) in [7, 11) is 0. The molecule has 1 aromatic rings. The van der Waals surface area contributed by atoms with Crippen molar-refractivity contribution in [1.82, 2.24) is 0 Å². The molecule has 0 aliphatic rings. The number of aryl methyl sites for hydroxylation is 1. The van der Waals surface area contributed by atoms with Crippen LogP contribution in [0.25, 0.3) is 0 Å². The van der Waals surface area contributed by atoms with Gasteiger partial charge >= 0.3 is 0 Å². The van der Waals surface area contributed by atoms with Gasteiger partial charge in [0.2, 0.25) is 5.12 Å². The number of hydrogen-bond donors (Lipinski definition) is 0. The van der Waals surface area contributed by atoms with Crippen molar-refractivity contribution in [2.75, 3.05) is 5.75 Å². The Balaban J connectivity index is 2.15. The molecule has 0 aliphatic carbocycles. The summed E-state index contributed by atoms with van der Waals surface area (Å²) in [4.78, 5) is 11.4. The van der Waals surface area contributed by atoms with Gasteiger partial charge in [0.05, 0.1) is 0 Å². The summed E-state index contributed by atoms with van der Waals surface area (Å²) in [6.07, 6.45) is 7.90. The van der Waals surface area contributed by atoms with Gasteiger partial charge in [-0.05, 0) is 30.9 Å². The van der Waals surface area contributed by atoms with E-state index in [0.717, 1.165) is 31.4 Å². The molecule has 0 N–H and O–H groups in total. The first-order valence-electron chi connectivity index (χ1n) is 6.20. The van der Waals surface area contributed by atoms with Crippen LogP contribution in [-0.4, -0.2) is 10.9 Å². The first-order valence-corrected chi connectivity index (χ1v) is 7.18. The summed E-state index contributed by atoms with van der Waals surface area (Å²) in [6.45, 7) is 2.14. The molecule has 0 spiro atoms. The van der Waals surface area contributed by atoms with E-state index in [0.29, 0.717) is 0 Å². The van der Waals surface area contributed by atoms with E-state index in [9.17, 15) is 4.79 Å². The minimum Gasteiger partial charge on any atom is -0.282 e. The zero-order chi connectivity index (χ0) is 12.3. The fourth-order valence-electron chi connectivity index (χ4n) is 1.44. The predicted octanol–water partition coefficient (Wildman–Crippen LogP) is 4.24. The Labute approximate surface area is 108 Å². The van der Waals surface area contributed by atoms with E-state index >= 15 is 0 Å². The van der Waals surface area contributed by atoms with Gasteiger partial charge < -0.3 is 0 Å². The van der Waals surface area contributed by atoms with Crippen molar-refractivity contribution in [3.05, 3.63) is 48.0 Å². The van der Waals surface area contributed by atoms with Crippen molar-refractivity contribution in [1.29, 1.82) is 0 Å². The van der Waals surface area contributed by atoms with Crippen molar-refractivity contribution in [2.24, 2.45) is 0 Å². The molecule has 0 amide bonds. The molecule has 0 radical (unpaired) electrons. The van der Waals surface area contributed by atoms with Gasteiger partial charge in [-0.3, -0.25) is 4.79 Å². The summed E-state index contributed by atoms with van der Waals surface area (Å²) in [6, 6.07) is 10.3. The summed E-state index contributed by atoms with van der Waals surface area (Å²) >= 11 is 1.42. The molecule has 1 rings (SSSR count). The largest absolute Gasteiger partial charge is 0.282 e. The minimum atomic E-state index is 0.187. The van der Waals surface area contributed by atoms with E-state index < -0.39 is 0 Å². The predicted molar refractivity (Wildman–Crippen MR) is 76.3 cm³/mol. The SMILES string of the molecule is CCCCSC(=O)/C=C/CCc1ccccc1. The number of benzene rings is 1. The molecule has 92 valence electrons. The van der Waals surface area contributed by atoms with E-state index in [1.807, 2.05) is 24.3 Å². The van der Waals surface area contributed by atoms with E-state index in [4.69, 9.17) is 0 Å². The second kappa shape index (κ2) is 9.06. The lowest BCUT2D eigenvalue weighted by Crippen LogP contribution is -1.88. The fourth-order valence-corrected chi connectivity index (χ4v) is 2.27. The van der Waals surface area contributed by atoms with Gasteiger partial charge in [0.1, 0.15) is 0 Å². The van der Waals surface area contributed by atoms with Crippen LogP contribution < -0.4 is 0 Å². The number of allylic oxidation sites excluding steroid dienone is 1. The van der Waals surface area contributed by atoms with Crippen LogP contribution in [0.5, 0.6) is 0 Å². The van der Waals surface area contributed by atoms with Gasteiger partial charge in [-0.1, -0.05) is 61.5 Å². The second-order valence-electron chi connectivity index (χ2n) is 3.95. The molecule has 0 unspecified atom stereocenters. The Morgan fingerprint density at radius 3 is 2.76 bits per heavy atom. The number of carbonyl (C=O) groups excluding carboxylic acids is 1. The molecular formula is C15H20OS. The van der Waals surface area contributed by atoms with Gasteiger partial charge in [-0.25, -0.2) is 0 Å². The van der Waals surface area contributed by atoms with Crippen LogP contribution in [0.1, 0.15) is 31.7 Å². The number of thioether (sulfide) groups is 1. The molecule has 0 bridgehead atoms. The Morgan fingerprint density at radius 2 is 2.06 bits per heavy atom. The topological polar surface area (TPSA) is 17.1 Å². The smallest absolute Gasteiger partial charge is 0.211 e. The third kappa shape index (κ3) is 7.01. The molecule has 0 aromatic heterocycles. The summed E-state index contributed by atoms with van der Waals surface area (Å²) in [5, 5.41) is 0.187. The first-order chi connectivity index (χ1) is 8.33. The fraction of sp³-hybridized carbons (Fsp3) is 0.400.